The van der Waals surface area contributed by atoms with E-state index in [0.29, 0.717) is 5.56 Å². The third-order valence-electron chi connectivity index (χ3n) is 2.49. The van der Waals surface area contributed by atoms with E-state index in [9.17, 15) is 13.2 Å². The Morgan fingerprint density at radius 2 is 2.10 bits per heavy atom. The van der Waals surface area contributed by atoms with Crippen molar-refractivity contribution in [3.05, 3.63) is 46.6 Å². The number of pyridine rings is 1. The molecule has 2 aromatic rings. The predicted octanol–water partition coefficient (Wildman–Crippen LogP) is 1.63. The van der Waals surface area contributed by atoms with Crippen LogP contribution in [0.1, 0.15) is 20.9 Å². The van der Waals surface area contributed by atoms with Crippen LogP contribution < -0.4 is 4.72 Å². The first-order valence-corrected chi connectivity index (χ1v) is 7.93. The Bertz CT molecular complexity index is 720. The predicted molar refractivity (Wildman–Crippen MR) is 74.3 cm³/mol. The first-order chi connectivity index (χ1) is 9.38. The van der Waals surface area contributed by atoms with Crippen molar-refractivity contribution in [1.29, 1.82) is 0 Å². The lowest BCUT2D eigenvalue weighted by molar-refractivity contribution is 0.0690. The summed E-state index contributed by atoms with van der Waals surface area (Å²) in [6.07, 6.45) is 1.34. The number of aromatic carboxylic acids is 1. The van der Waals surface area contributed by atoms with E-state index in [2.05, 4.69) is 9.71 Å². The van der Waals surface area contributed by atoms with Crippen LogP contribution in [0.5, 0.6) is 0 Å². The normalized spacial score (nSPS) is 11.4. The average molecular weight is 312 g/mol. The molecule has 0 aromatic carbocycles. The van der Waals surface area contributed by atoms with E-state index in [1.165, 1.54) is 29.7 Å². The Morgan fingerprint density at radius 3 is 2.60 bits per heavy atom. The number of carboxylic acid groups (broad SMARTS) is 1. The Kier molecular flexibility index (Phi) is 4.17. The SMILES string of the molecule is Cc1ccc(S(=O)(=O)NCc2ccc(C(=O)O)nc2)s1. The lowest BCUT2D eigenvalue weighted by atomic mass is 10.2. The maximum atomic E-state index is 12.0. The van der Waals surface area contributed by atoms with Gasteiger partial charge in [-0.15, -0.1) is 11.3 Å². The standard InChI is InChI=1S/C12H12N2O4S2/c1-8-2-5-11(19-8)20(17,18)14-7-9-3-4-10(12(15)16)13-6-9/h2-6,14H,7H2,1H3,(H,15,16). The van der Waals surface area contributed by atoms with Gasteiger partial charge < -0.3 is 5.11 Å². The van der Waals surface area contributed by atoms with Gasteiger partial charge in [-0.05, 0) is 30.7 Å². The molecule has 0 aliphatic rings. The molecule has 6 nitrogen and oxygen atoms in total. The highest BCUT2D eigenvalue weighted by molar-refractivity contribution is 7.91. The molecule has 8 heteroatoms. The molecule has 0 fully saturated rings. The van der Waals surface area contributed by atoms with Crippen LogP contribution in [0, 0.1) is 6.92 Å². The molecule has 0 saturated carbocycles. The minimum Gasteiger partial charge on any atom is -0.477 e. The molecule has 2 aromatic heterocycles. The molecule has 2 N–H and O–H groups in total. The largest absolute Gasteiger partial charge is 0.477 e. The third-order valence-corrected chi connectivity index (χ3v) is 5.38. The summed E-state index contributed by atoms with van der Waals surface area (Å²) in [6, 6.07) is 6.15. The number of hydrogen-bond acceptors (Lipinski definition) is 5. The van der Waals surface area contributed by atoms with Gasteiger partial charge in [0, 0.05) is 17.6 Å². The summed E-state index contributed by atoms with van der Waals surface area (Å²) in [5.74, 6) is -1.12. The van der Waals surface area contributed by atoms with Crippen LogP contribution in [0.3, 0.4) is 0 Å². The molecule has 0 unspecified atom stereocenters. The van der Waals surface area contributed by atoms with E-state index >= 15 is 0 Å². The number of carboxylic acids is 1. The molecule has 0 radical (unpaired) electrons. The molecule has 2 heterocycles. The second-order valence-corrected chi connectivity index (χ2v) is 7.33. The molecule has 106 valence electrons. The van der Waals surface area contributed by atoms with Gasteiger partial charge in [0.1, 0.15) is 9.90 Å². The van der Waals surface area contributed by atoms with E-state index in [0.717, 1.165) is 4.88 Å². The zero-order chi connectivity index (χ0) is 14.8. The number of sulfonamides is 1. The van der Waals surface area contributed by atoms with Crippen molar-refractivity contribution in [3.8, 4) is 0 Å². The maximum Gasteiger partial charge on any atom is 0.354 e. The smallest absolute Gasteiger partial charge is 0.354 e. The Hall–Kier alpha value is -1.77. The quantitative estimate of drug-likeness (QED) is 0.874. The van der Waals surface area contributed by atoms with Crippen molar-refractivity contribution < 1.29 is 18.3 Å². The number of aromatic nitrogens is 1. The fourth-order valence-electron chi connectivity index (χ4n) is 1.46. The second kappa shape index (κ2) is 5.70. The Morgan fingerprint density at radius 1 is 1.35 bits per heavy atom. The molecule has 0 saturated heterocycles. The maximum absolute atomic E-state index is 12.0. The summed E-state index contributed by atoms with van der Waals surface area (Å²) >= 11 is 1.19. The second-order valence-electron chi connectivity index (χ2n) is 4.05. The molecule has 0 amide bonds. The number of rotatable bonds is 5. The molecule has 0 aliphatic heterocycles. The first kappa shape index (κ1) is 14.6. The molecule has 2 rings (SSSR count). The molecular weight excluding hydrogens is 300 g/mol. The minimum atomic E-state index is -3.54. The highest BCUT2D eigenvalue weighted by Crippen LogP contribution is 2.20. The van der Waals surface area contributed by atoms with E-state index < -0.39 is 16.0 Å². The minimum absolute atomic E-state index is 0.0617. The van der Waals surface area contributed by atoms with E-state index in [-0.39, 0.29) is 16.4 Å². The zero-order valence-electron chi connectivity index (χ0n) is 10.5. The summed E-state index contributed by atoms with van der Waals surface area (Å²) in [4.78, 5) is 15.3. The van der Waals surface area contributed by atoms with Crippen molar-refractivity contribution in [2.75, 3.05) is 0 Å². The van der Waals surface area contributed by atoms with Gasteiger partial charge in [0.05, 0.1) is 0 Å². The summed E-state index contributed by atoms with van der Waals surface area (Å²) in [6.45, 7) is 1.89. The van der Waals surface area contributed by atoms with Crippen LogP contribution in [0.25, 0.3) is 0 Å². The molecule has 0 atom stereocenters. The number of carbonyl (C=O) groups is 1. The Balaban J connectivity index is 2.06. The van der Waals surface area contributed by atoms with E-state index in [1.54, 1.807) is 12.1 Å². The van der Waals surface area contributed by atoms with Gasteiger partial charge in [-0.1, -0.05) is 6.07 Å². The fourth-order valence-corrected chi connectivity index (χ4v) is 3.81. The van der Waals surface area contributed by atoms with Gasteiger partial charge in [0.2, 0.25) is 10.0 Å². The van der Waals surface area contributed by atoms with Crippen LogP contribution in [0.4, 0.5) is 0 Å². The van der Waals surface area contributed by atoms with Crippen LogP contribution >= 0.6 is 11.3 Å². The van der Waals surface area contributed by atoms with Crippen LogP contribution in [0.2, 0.25) is 0 Å². The summed E-state index contributed by atoms with van der Waals surface area (Å²) in [5.41, 5.74) is 0.511. The van der Waals surface area contributed by atoms with Gasteiger partial charge in [0.25, 0.3) is 0 Å². The topological polar surface area (TPSA) is 96.4 Å². The lowest BCUT2D eigenvalue weighted by Crippen LogP contribution is -2.22. The van der Waals surface area contributed by atoms with Crippen molar-refractivity contribution in [2.45, 2.75) is 17.7 Å². The van der Waals surface area contributed by atoms with Gasteiger partial charge in [0.15, 0.2) is 0 Å². The van der Waals surface area contributed by atoms with Gasteiger partial charge >= 0.3 is 5.97 Å². The third kappa shape index (κ3) is 3.41. The lowest BCUT2D eigenvalue weighted by Gasteiger charge is -2.04. The summed E-state index contributed by atoms with van der Waals surface area (Å²) in [5, 5.41) is 8.71. The van der Waals surface area contributed by atoms with Crippen molar-refractivity contribution in [2.24, 2.45) is 0 Å². The van der Waals surface area contributed by atoms with Crippen LogP contribution in [0.15, 0.2) is 34.7 Å². The van der Waals surface area contributed by atoms with Crippen molar-refractivity contribution in [1.82, 2.24) is 9.71 Å². The molecule has 20 heavy (non-hydrogen) atoms. The number of hydrogen-bond donors (Lipinski definition) is 2. The van der Waals surface area contributed by atoms with Crippen LogP contribution in [-0.2, 0) is 16.6 Å². The molecule has 0 aliphatic carbocycles. The first-order valence-electron chi connectivity index (χ1n) is 5.63. The summed E-state index contributed by atoms with van der Waals surface area (Å²) < 4.78 is 26.7. The molecule has 0 bridgehead atoms. The van der Waals surface area contributed by atoms with E-state index in [1.807, 2.05) is 6.92 Å². The highest BCUT2D eigenvalue weighted by Gasteiger charge is 2.15. The van der Waals surface area contributed by atoms with Crippen molar-refractivity contribution in [3.63, 3.8) is 0 Å². The fraction of sp³-hybridized carbons (Fsp3) is 0.167. The number of thiophene rings is 1. The van der Waals surface area contributed by atoms with E-state index in [4.69, 9.17) is 5.11 Å². The van der Waals surface area contributed by atoms with Gasteiger partial charge in [-0.25, -0.2) is 22.9 Å². The Labute approximate surface area is 120 Å². The number of nitrogens with zero attached hydrogens (tertiary/aromatic N) is 1. The monoisotopic (exact) mass is 312 g/mol. The summed E-state index contributed by atoms with van der Waals surface area (Å²) in [7, 11) is -3.54. The average Bonchev–Trinajstić information content (AvgIpc) is 2.84. The zero-order valence-corrected chi connectivity index (χ0v) is 12.2. The highest BCUT2D eigenvalue weighted by atomic mass is 32.2. The van der Waals surface area contributed by atoms with Crippen LogP contribution in [-0.4, -0.2) is 24.5 Å². The van der Waals surface area contributed by atoms with Gasteiger partial charge in [-0.3, -0.25) is 0 Å². The number of aryl methyl sites for hydroxylation is 1. The van der Waals surface area contributed by atoms with Gasteiger partial charge in [-0.2, -0.15) is 0 Å². The van der Waals surface area contributed by atoms with Crippen molar-refractivity contribution >= 4 is 27.3 Å². The molecular formula is C12H12N2O4S2. The molecule has 0 spiro atoms. The number of nitrogens with one attached hydrogen (secondary N) is 1.